The van der Waals surface area contributed by atoms with Gasteiger partial charge in [-0.05, 0) is 32.4 Å². The van der Waals surface area contributed by atoms with E-state index in [-0.39, 0.29) is 5.54 Å². The van der Waals surface area contributed by atoms with Crippen LogP contribution in [0, 0.1) is 0 Å². The maximum atomic E-state index is 4.83. The summed E-state index contributed by atoms with van der Waals surface area (Å²) >= 11 is 1.87. The second-order valence-corrected chi connectivity index (χ2v) is 5.62. The Morgan fingerprint density at radius 3 is 2.73 bits per heavy atom. The van der Waals surface area contributed by atoms with E-state index < -0.39 is 0 Å². The Balaban J connectivity index is 2.58. The maximum absolute atomic E-state index is 4.83. The standard InChI is InChI=1S/C13H13NS/c1-8-12-11(14-13(8,2)3)9-6-4-5-7-10(9)15-12/h4-7H,1-3H3. The molecule has 0 saturated heterocycles. The van der Waals surface area contributed by atoms with Crippen molar-refractivity contribution in [1.82, 2.24) is 0 Å². The Morgan fingerprint density at radius 1 is 1.20 bits per heavy atom. The van der Waals surface area contributed by atoms with Crippen molar-refractivity contribution in [3.8, 4) is 0 Å². The average molecular weight is 215 g/mol. The molecular formula is C13H13NS. The minimum absolute atomic E-state index is 0.00873. The van der Waals surface area contributed by atoms with E-state index >= 15 is 0 Å². The number of fused-ring (bicyclic) bond motifs is 3. The van der Waals surface area contributed by atoms with Gasteiger partial charge in [-0.15, -0.1) is 11.3 Å². The third-order valence-electron chi connectivity index (χ3n) is 3.22. The van der Waals surface area contributed by atoms with Crippen molar-refractivity contribution in [2.24, 2.45) is 4.99 Å². The van der Waals surface area contributed by atoms with Crippen LogP contribution >= 0.6 is 11.3 Å². The van der Waals surface area contributed by atoms with E-state index in [9.17, 15) is 0 Å². The molecule has 0 spiro atoms. The van der Waals surface area contributed by atoms with Crippen LogP contribution in [0.2, 0.25) is 0 Å². The van der Waals surface area contributed by atoms with Crippen molar-refractivity contribution in [3.63, 3.8) is 0 Å². The second-order valence-electron chi connectivity index (χ2n) is 4.57. The molecule has 2 aromatic rings. The van der Waals surface area contributed by atoms with Crippen LogP contribution in [0.5, 0.6) is 0 Å². The third-order valence-corrected chi connectivity index (χ3v) is 4.50. The highest BCUT2D eigenvalue weighted by atomic mass is 32.1. The van der Waals surface area contributed by atoms with Gasteiger partial charge in [-0.1, -0.05) is 18.2 Å². The van der Waals surface area contributed by atoms with Crippen LogP contribution in [-0.2, 0) is 0 Å². The molecule has 2 heterocycles. The molecule has 1 nitrogen and oxygen atoms in total. The van der Waals surface area contributed by atoms with E-state index in [1.54, 1.807) is 0 Å². The summed E-state index contributed by atoms with van der Waals surface area (Å²) in [5.41, 5.74) is 1.39. The van der Waals surface area contributed by atoms with Gasteiger partial charge in [0.05, 0.1) is 15.4 Å². The van der Waals surface area contributed by atoms with E-state index in [1.807, 2.05) is 11.3 Å². The van der Waals surface area contributed by atoms with Gasteiger partial charge in [0.1, 0.15) is 0 Å². The topological polar surface area (TPSA) is 12.4 Å². The molecule has 0 bridgehead atoms. The van der Waals surface area contributed by atoms with E-state index in [0.29, 0.717) is 0 Å². The molecule has 0 N–H and O–H groups in total. The first-order chi connectivity index (χ1) is 7.09. The quantitative estimate of drug-likeness (QED) is 0.640. The molecule has 3 rings (SSSR count). The van der Waals surface area contributed by atoms with Gasteiger partial charge in [0.2, 0.25) is 0 Å². The Bertz CT molecular complexity index is 661. The van der Waals surface area contributed by atoms with Gasteiger partial charge < -0.3 is 0 Å². The third kappa shape index (κ3) is 1.11. The Kier molecular flexibility index (Phi) is 1.64. The van der Waals surface area contributed by atoms with Crippen LogP contribution in [0.3, 0.4) is 0 Å². The number of nitrogens with zero attached hydrogens (tertiary/aromatic N) is 1. The molecule has 0 amide bonds. The molecule has 15 heavy (non-hydrogen) atoms. The average Bonchev–Trinajstić information content (AvgIpc) is 2.65. The van der Waals surface area contributed by atoms with Crippen LogP contribution < -0.4 is 9.89 Å². The molecule has 0 aliphatic carbocycles. The molecule has 0 fully saturated rings. The molecule has 0 atom stereocenters. The fourth-order valence-corrected chi connectivity index (χ4v) is 3.33. The van der Waals surface area contributed by atoms with Gasteiger partial charge in [-0.3, -0.25) is 4.99 Å². The number of thiophene rings is 1. The first kappa shape index (κ1) is 9.10. The van der Waals surface area contributed by atoms with Gasteiger partial charge in [0.15, 0.2) is 0 Å². The first-order valence-corrected chi connectivity index (χ1v) is 6.00. The van der Waals surface area contributed by atoms with E-state index in [2.05, 4.69) is 45.0 Å². The van der Waals surface area contributed by atoms with Crippen molar-refractivity contribution in [2.45, 2.75) is 26.3 Å². The fraction of sp³-hybridized carbons (Fsp3) is 0.308. The molecule has 76 valence electrons. The summed E-state index contributed by atoms with van der Waals surface area (Å²) in [5, 5.41) is 2.51. The zero-order valence-corrected chi connectivity index (χ0v) is 9.98. The predicted molar refractivity (Wildman–Crippen MR) is 65.8 cm³/mol. The summed E-state index contributed by atoms with van der Waals surface area (Å²) in [5.74, 6) is 0. The molecule has 0 saturated carbocycles. The van der Waals surface area contributed by atoms with Gasteiger partial charge in [0, 0.05) is 10.1 Å². The minimum atomic E-state index is -0.00873. The highest BCUT2D eigenvalue weighted by molar-refractivity contribution is 7.17. The number of rotatable bonds is 0. The van der Waals surface area contributed by atoms with Crippen molar-refractivity contribution in [1.29, 1.82) is 0 Å². The van der Waals surface area contributed by atoms with E-state index in [0.717, 1.165) is 0 Å². The summed E-state index contributed by atoms with van der Waals surface area (Å²) in [4.78, 5) is 4.83. The predicted octanol–water partition coefficient (Wildman–Crippen LogP) is 2.48. The van der Waals surface area contributed by atoms with Gasteiger partial charge in [0.25, 0.3) is 0 Å². The molecule has 0 unspecified atom stereocenters. The van der Waals surface area contributed by atoms with E-state index in [1.165, 1.54) is 25.5 Å². The van der Waals surface area contributed by atoms with Crippen molar-refractivity contribution in [3.05, 3.63) is 34.2 Å². The van der Waals surface area contributed by atoms with Gasteiger partial charge in [-0.2, -0.15) is 0 Å². The largest absolute Gasteiger partial charge is 0.273 e. The summed E-state index contributed by atoms with van der Waals surface area (Å²) in [7, 11) is 0. The Morgan fingerprint density at radius 2 is 1.93 bits per heavy atom. The van der Waals surface area contributed by atoms with Crippen LogP contribution in [-0.4, -0.2) is 5.54 Å². The Hall–Kier alpha value is -1.15. The Labute approximate surface area is 92.8 Å². The number of benzene rings is 1. The SMILES string of the molecule is CC1=c2sc3ccccc3c2=NC1(C)C. The second kappa shape index (κ2) is 2.70. The minimum Gasteiger partial charge on any atom is -0.273 e. The smallest absolute Gasteiger partial charge is 0.0844 e. The van der Waals surface area contributed by atoms with Crippen molar-refractivity contribution < 1.29 is 0 Å². The molecule has 1 aliphatic heterocycles. The van der Waals surface area contributed by atoms with Crippen LogP contribution in [0.25, 0.3) is 15.7 Å². The summed E-state index contributed by atoms with van der Waals surface area (Å²) in [6.45, 7) is 6.57. The fourth-order valence-electron chi connectivity index (χ4n) is 2.04. The lowest BCUT2D eigenvalue weighted by molar-refractivity contribution is 0.668. The maximum Gasteiger partial charge on any atom is 0.0844 e. The highest BCUT2D eigenvalue weighted by Crippen LogP contribution is 2.25. The molecular weight excluding hydrogens is 202 g/mol. The monoisotopic (exact) mass is 215 g/mol. The van der Waals surface area contributed by atoms with Gasteiger partial charge in [-0.25, -0.2) is 0 Å². The van der Waals surface area contributed by atoms with Crippen LogP contribution in [0.15, 0.2) is 29.3 Å². The first-order valence-electron chi connectivity index (χ1n) is 5.18. The highest BCUT2D eigenvalue weighted by Gasteiger charge is 2.25. The van der Waals surface area contributed by atoms with E-state index in [4.69, 9.17) is 4.99 Å². The van der Waals surface area contributed by atoms with Gasteiger partial charge >= 0.3 is 0 Å². The summed E-state index contributed by atoms with van der Waals surface area (Å²) < 4.78 is 2.72. The van der Waals surface area contributed by atoms with Crippen LogP contribution in [0.4, 0.5) is 0 Å². The van der Waals surface area contributed by atoms with Crippen molar-refractivity contribution in [2.75, 3.05) is 0 Å². The van der Waals surface area contributed by atoms with Crippen molar-refractivity contribution >= 4 is 27.0 Å². The van der Waals surface area contributed by atoms with Crippen LogP contribution in [0.1, 0.15) is 20.8 Å². The lowest BCUT2D eigenvalue weighted by Gasteiger charge is -2.15. The molecule has 1 aromatic carbocycles. The molecule has 1 aromatic heterocycles. The number of hydrogen-bond donors (Lipinski definition) is 0. The molecule has 2 heteroatoms. The summed E-state index contributed by atoms with van der Waals surface area (Å²) in [6, 6.07) is 8.52. The lowest BCUT2D eigenvalue weighted by Crippen LogP contribution is -2.17. The zero-order valence-electron chi connectivity index (χ0n) is 9.16. The number of hydrogen-bond acceptors (Lipinski definition) is 2. The summed E-state index contributed by atoms with van der Waals surface area (Å²) in [6.07, 6.45) is 0. The normalized spacial score (nSPS) is 17.9. The molecule has 1 aliphatic rings. The lowest BCUT2D eigenvalue weighted by atomic mass is 9.99. The zero-order chi connectivity index (χ0) is 10.6. The molecule has 0 radical (unpaired) electrons.